The van der Waals surface area contributed by atoms with E-state index < -0.39 is 5.92 Å². The second kappa shape index (κ2) is 4.50. The zero-order chi connectivity index (χ0) is 12.4. The first-order chi connectivity index (χ1) is 7.33. The van der Waals surface area contributed by atoms with Crippen LogP contribution in [-0.4, -0.2) is 6.54 Å². The van der Waals surface area contributed by atoms with Crippen molar-refractivity contribution in [1.82, 2.24) is 0 Å². The molecule has 0 aromatic heterocycles. The van der Waals surface area contributed by atoms with Gasteiger partial charge in [-0.2, -0.15) is 0 Å². The summed E-state index contributed by atoms with van der Waals surface area (Å²) >= 11 is 0. The third-order valence-electron chi connectivity index (χ3n) is 3.02. The van der Waals surface area contributed by atoms with Crippen LogP contribution in [0.4, 0.5) is 8.78 Å². The van der Waals surface area contributed by atoms with E-state index in [9.17, 15) is 8.78 Å². The fourth-order valence-corrected chi connectivity index (χ4v) is 1.49. The lowest BCUT2D eigenvalue weighted by Gasteiger charge is -2.25. The van der Waals surface area contributed by atoms with Crippen LogP contribution in [0, 0.1) is 0 Å². The van der Waals surface area contributed by atoms with Crippen molar-refractivity contribution >= 4 is 0 Å². The molecule has 0 heterocycles. The van der Waals surface area contributed by atoms with Gasteiger partial charge in [0.1, 0.15) is 0 Å². The number of hydrogen-bond donors (Lipinski definition) is 1. The molecule has 0 fully saturated rings. The van der Waals surface area contributed by atoms with Crippen molar-refractivity contribution in [2.45, 2.75) is 38.5 Å². The molecule has 2 N–H and O–H groups in total. The molecule has 0 spiro atoms. The summed E-state index contributed by atoms with van der Waals surface area (Å²) in [5, 5.41) is 0. The molecule has 3 heteroatoms. The fraction of sp³-hybridized carbons (Fsp3) is 0.538. The molecule has 0 saturated carbocycles. The van der Waals surface area contributed by atoms with Crippen LogP contribution in [0.3, 0.4) is 0 Å². The van der Waals surface area contributed by atoms with Gasteiger partial charge >= 0.3 is 0 Å². The quantitative estimate of drug-likeness (QED) is 0.838. The highest BCUT2D eigenvalue weighted by Gasteiger charge is 2.30. The molecule has 1 aromatic carbocycles. The number of halogens is 2. The lowest BCUT2D eigenvalue weighted by atomic mass is 9.83. The van der Waals surface area contributed by atoms with Crippen LogP contribution in [0.25, 0.3) is 0 Å². The molecule has 0 saturated heterocycles. The third kappa shape index (κ3) is 2.59. The van der Waals surface area contributed by atoms with Gasteiger partial charge in [0.2, 0.25) is 0 Å². The lowest BCUT2D eigenvalue weighted by molar-refractivity contribution is -0.00840. The van der Waals surface area contributed by atoms with E-state index in [4.69, 9.17) is 5.73 Å². The van der Waals surface area contributed by atoms with Gasteiger partial charge in [0.05, 0.1) is 0 Å². The molecule has 0 radical (unpaired) electrons. The second-order valence-electron chi connectivity index (χ2n) is 4.73. The van der Waals surface area contributed by atoms with Gasteiger partial charge < -0.3 is 5.73 Å². The van der Waals surface area contributed by atoms with Gasteiger partial charge in [0, 0.05) is 23.9 Å². The first-order valence-electron chi connectivity index (χ1n) is 5.52. The first kappa shape index (κ1) is 13.1. The van der Waals surface area contributed by atoms with Crippen LogP contribution in [0.5, 0.6) is 0 Å². The van der Waals surface area contributed by atoms with E-state index in [0.717, 1.165) is 5.56 Å². The Kier molecular flexibility index (Phi) is 3.68. The van der Waals surface area contributed by atoms with Gasteiger partial charge in [0.25, 0.3) is 5.92 Å². The smallest absolute Gasteiger partial charge is 0.273 e. The standard InChI is InChI=1S/C13H19F2N/c1-4-13(14,15)11-7-5-6-10(8-11)12(2,3)9-16/h5-8H,4,9,16H2,1-3H3. The monoisotopic (exact) mass is 227 g/mol. The van der Waals surface area contributed by atoms with E-state index >= 15 is 0 Å². The minimum Gasteiger partial charge on any atom is -0.330 e. The summed E-state index contributed by atoms with van der Waals surface area (Å²) in [6, 6.07) is 6.56. The number of alkyl halides is 2. The van der Waals surface area contributed by atoms with Crippen LogP contribution >= 0.6 is 0 Å². The molecule has 0 unspecified atom stereocenters. The Bertz CT molecular complexity index is 327. The molecule has 1 aromatic rings. The summed E-state index contributed by atoms with van der Waals surface area (Å²) < 4.78 is 27.1. The summed E-state index contributed by atoms with van der Waals surface area (Å²) in [6.45, 7) is 5.83. The molecular formula is C13H19F2N. The molecule has 0 amide bonds. The Morgan fingerprint density at radius 2 is 1.75 bits per heavy atom. The average molecular weight is 227 g/mol. The lowest BCUT2D eigenvalue weighted by Crippen LogP contribution is -2.28. The minimum atomic E-state index is -2.75. The van der Waals surface area contributed by atoms with Gasteiger partial charge in [-0.05, 0) is 11.6 Å². The predicted molar refractivity (Wildman–Crippen MR) is 62.7 cm³/mol. The van der Waals surface area contributed by atoms with Gasteiger partial charge in [0.15, 0.2) is 0 Å². The van der Waals surface area contributed by atoms with Crippen molar-refractivity contribution < 1.29 is 8.78 Å². The van der Waals surface area contributed by atoms with Crippen molar-refractivity contribution in [3.63, 3.8) is 0 Å². The van der Waals surface area contributed by atoms with E-state index in [-0.39, 0.29) is 17.4 Å². The van der Waals surface area contributed by atoms with Gasteiger partial charge in [-0.15, -0.1) is 0 Å². The topological polar surface area (TPSA) is 26.0 Å². The van der Waals surface area contributed by atoms with Crippen molar-refractivity contribution in [3.05, 3.63) is 35.4 Å². The SMILES string of the molecule is CCC(F)(F)c1cccc(C(C)(C)CN)c1. The highest BCUT2D eigenvalue weighted by Crippen LogP contribution is 2.33. The highest BCUT2D eigenvalue weighted by molar-refractivity contribution is 5.31. The van der Waals surface area contributed by atoms with Crippen molar-refractivity contribution in [1.29, 1.82) is 0 Å². The average Bonchev–Trinajstić information content (AvgIpc) is 2.29. The molecule has 0 aliphatic heterocycles. The number of benzene rings is 1. The van der Waals surface area contributed by atoms with Crippen LogP contribution in [0.2, 0.25) is 0 Å². The van der Waals surface area contributed by atoms with Crippen LogP contribution in [-0.2, 0) is 11.3 Å². The van der Waals surface area contributed by atoms with Crippen LogP contribution < -0.4 is 5.73 Å². The Hall–Kier alpha value is -0.960. The van der Waals surface area contributed by atoms with Gasteiger partial charge in [-0.25, -0.2) is 8.78 Å². The summed E-state index contributed by atoms with van der Waals surface area (Å²) in [4.78, 5) is 0. The molecule has 0 bridgehead atoms. The zero-order valence-electron chi connectivity index (χ0n) is 10.1. The van der Waals surface area contributed by atoms with Crippen LogP contribution in [0.15, 0.2) is 24.3 Å². The maximum atomic E-state index is 13.5. The maximum Gasteiger partial charge on any atom is 0.273 e. The van der Waals surface area contributed by atoms with Crippen LogP contribution in [0.1, 0.15) is 38.3 Å². The highest BCUT2D eigenvalue weighted by atomic mass is 19.3. The summed E-state index contributed by atoms with van der Waals surface area (Å²) in [5.74, 6) is -2.75. The largest absolute Gasteiger partial charge is 0.330 e. The van der Waals surface area contributed by atoms with E-state index in [0.29, 0.717) is 6.54 Å². The van der Waals surface area contributed by atoms with Crippen molar-refractivity contribution in [3.8, 4) is 0 Å². The van der Waals surface area contributed by atoms with Gasteiger partial charge in [-0.1, -0.05) is 39.0 Å². The minimum absolute atomic E-state index is 0.0778. The Balaban J connectivity index is 3.14. The Morgan fingerprint density at radius 3 is 2.25 bits per heavy atom. The number of hydrogen-bond acceptors (Lipinski definition) is 1. The van der Waals surface area contributed by atoms with E-state index in [2.05, 4.69) is 0 Å². The third-order valence-corrected chi connectivity index (χ3v) is 3.02. The Labute approximate surface area is 95.7 Å². The van der Waals surface area contributed by atoms with Crippen molar-refractivity contribution in [2.75, 3.05) is 6.54 Å². The van der Waals surface area contributed by atoms with E-state index in [1.54, 1.807) is 12.1 Å². The molecule has 16 heavy (non-hydrogen) atoms. The second-order valence-corrected chi connectivity index (χ2v) is 4.73. The van der Waals surface area contributed by atoms with E-state index in [1.165, 1.54) is 13.0 Å². The Morgan fingerprint density at radius 1 is 1.19 bits per heavy atom. The summed E-state index contributed by atoms with van der Waals surface area (Å²) in [5.41, 5.74) is 6.32. The summed E-state index contributed by atoms with van der Waals surface area (Å²) in [6.07, 6.45) is -0.181. The van der Waals surface area contributed by atoms with Crippen molar-refractivity contribution in [2.24, 2.45) is 5.73 Å². The maximum absolute atomic E-state index is 13.5. The van der Waals surface area contributed by atoms with E-state index in [1.807, 2.05) is 19.9 Å². The normalized spacial score (nSPS) is 12.9. The molecule has 0 aliphatic rings. The zero-order valence-corrected chi connectivity index (χ0v) is 10.1. The molecule has 90 valence electrons. The van der Waals surface area contributed by atoms with Gasteiger partial charge in [-0.3, -0.25) is 0 Å². The fourth-order valence-electron chi connectivity index (χ4n) is 1.49. The summed E-state index contributed by atoms with van der Waals surface area (Å²) in [7, 11) is 0. The molecule has 1 nitrogen and oxygen atoms in total. The predicted octanol–water partition coefficient (Wildman–Crippen LogP) is 3.42. The molecule has 0 aliphatic carbocycles. The first-order valence-corrected chi connectivity index (χ1v) is 5.52. The molecular weight excluding hydrogens is 208 g/mol. The number of rotatable bonds is 4. The molecule has 1 rings (SSSR count). The number of nitrogens with two attached hydrogens (primary N) is 1. The molecule has 0 atom stereocenters.